The molecule has 0 amide bonds. The first kappa shape index (κ1) is 29.8. The zero-order valence-electron chi connectivity index (χ0n) is 22.4. The first-order valence-electron chi connectivity index (χ1n) is 12.6. The highest BCUT2D eigenvalue weighted by atomic mass is 16.5. The second kappa shape index (κ2) is 14.2. The number of methoxy groups -OCH3 is 2. The summed E-state index contributed by atoms with van der Waals surface area (Å²) in [5, 5.41) is 11.0. The number of carbonyl (C=O) groups is 2. The molecule has 1 N–H and O–H groups in total. The van der Waals surface area contributed by atoms with Crippen molar-refractivity contribution in [1.29, 1.82) is 0 Å². The third-order valence-electron chi connectivity index (χ3n) is 6.63. The molecule has 0 atom stereocenters. The van der Waals surface area contributed by atoms with Crippen LogP contribution >= 0.6 is 0 Å². The van der Waals surface area contributed by atoms with E-state index in [9.17, 15) is 14.7 Å². The maximum Gasteiger partial charge on any atom is 0.305 e. The Morgan fingerprint density at radius 2 is 1.32 bits per heavy atom. The summed E-state index contributed by atoms with van der Waals surface area (Å²) >= 11 is 0. The molecule has 1 aromatic carbocycles. The van der Waals surface area contributed by atoms with E-state index < -0.39 is 0 Å². The van der Waals surface area contributed by atoms with Gasteiger partial charge in [0.25, 0.3) is 0 Å². The number of phenolic OH excluding ortho intramolecular Hbond substituents is 1. The third-order valence-corrected chi connectivity index (χ3v) is 6.63. The highest BCUT2D eigenvalue weighted by Crippen LogP contribution is 2.44. The number of esters is 2. The Hall–Kier alpha value is -2.24. The molecule has 0 bridgehead atoms. The maximum atomic E-state index is 11.6. The van der Waals surface area contributed by atoms with Crippen LogP contribution in [0.25, 0.3) is 0 Å². The largest absolute Gasteiger partial charge is 0.508 e. The molecule has 0 aliphatic carbocycles. The van der Waals surface area contributed by atoms with Crippen LogP contribution in [-0.2, 0) is 29.9 Å². The topological polar surface area (TPSA) is 82.1 Å². The van der Waals surface area contributed by atoms with Crippen LogP contribution in [0.3, 0.4) is 0 Å². The number of carbonyl (C=O) groups excluding carboxylic acids is 2. The van der Waals surface area contributed by atoms with Crippen molar-refractivity contribution in [2.75, 3.05) is 20.8 Å². The molecule has 6 heteroatoms. The Morgan fingerprint density at radius 3 is 1.82 bits per heavy atom. The normalized spacial score (nSPS) is 11.9. The van der Waals surface area contributed by atoms with Crippen LogP contribution in [0.2, 0.25) is 0 Å². The Kier molecular flexibility index (Phi) is 12.5. The van der Waals surface area contributed by atoms with Crippen molar-refractivity contribution in [1.82, 2.24) is 0 Å². The minimum absolute atomic E-state index is 0.213. The van der Waals surface area contributed by atoms with Gasteiger partial charge in [0, 0.05) is 24.0 Å². The number of ether oxygens (including phenoxy) is 3. The van der Waals surface area contributed by atoms with Crippen molar-refractivity contribution in [2.45, 2.75) is 110 Å². The Bertz CT molecular complexity index is 781. The minimum atomic E-state index is -0.341. The Balaban J connectivity index is 3.17. The van der Waals surface area contributed by atoms with Gasteiger partial charge in [-0.15, -0.1) is 0 Å². The molecule has 0 fully saturated rings. The molecule has 34 heavy (non-hydrogen) atoms. The number of hydrogen-bond acceptors (Lipinski definition) is 6. The van der Waals surface area contributed by atoms with Crippen LogP contribution in [0.5, 0.6) is 11.5 Å². The Morgan fingerprint density at radius 1 is 0.794 bits per heavy atom. The van der Waals surface area contributed by atoms with Gasteiger partial charge in [-0.1, -0.05) is 53.9 Å². The van der Waals surface area contributed by atoms with E-state index in [0.717, 1.165) is 42.6 Å². The van der Waals surface area contributed by atoms with Crippen LogP contribution in [0, 0.1) is 0 Å². The summed E-state index contributed by atoms with van der Waals surface area (Å²) in [5.41, 5.74) is 1.12. The van der Waals surface area contributed by atoms with Gasteiger partial charge in [0.05, 0.1) is 20.8 Å². The highest BCUT2D eigenvalue weighted by Gasteiger charge is 2.30. The SMILES string of the molecule is CCCCCCOc1cc(C(C)(C)CCCC(=O)OC)c(O)cc1C(C)(C)CCCC(=O)OC. The fraction of sp³-hybridized carbons (Fsp3) is 0.714. The fourth-order valence-corrected chi connectivity index (χ4v) is 4.29. The molecule has 0 radical (unpaired) electrons. The third kappa shape index (κ3) is 9.55. The van der Waals surface area contributed by atoms with Crippen molar-refractivity contribution in [3.63, 3.8) is 0 Å². The standard InChI is InChI=1S/C28H46O6/c1-8-9-10-11-18-34-24-20-21(27(2,3)16-12-14-25(30)32-6)23(29)19-22(24)28(4,5)17-13-15-26(31)33-7/h19-20,29H,8-18H2,1-7H3. The average molecular weight is 479 g/mol. The van der Waals surface area contributed by atoms with Crippen LogP contribution in [0.4, 0.5) is 0 Å². The molecule has 1 aromatic rings. The average Bonchev–Trinajstić information content (AvgIpc) is 2.78. The molecule has 6 nitrogen and oxygen atoms in total. The van der Waals surface area contributed by atoms with E-state index >= 15 is 0 Å². The predicted octanol–water partition coefficient (Wildman–Crippen LogP) is 6.59. The lowest BCUT2D eigenvalue weighted by atomic mass is 9.75. The molecule has 0 aromatic heterocycles. The van der Waals surface area contributed by atoms with Gasteiger partial charge in [-0.25, -0.2) is 0 Å². The molecule has 0 saturated carbocycles. The Labute approximate surface area is 206 Å². The summed E-state index contributed by atoms with van der Waals surface area (Å²) in [6.07, 6.45) is 8.03. The van der Waals surface area contributed by atoms with Gasteiger partial charge in [-0.2, -0.15) is 0 Å². The smallest absolute Gasteiger partial charge is 0.305 e. The predicted molar refractivity (Wildman–Crippen MR) is 136 cm³/mol. The zero-order valence-corrected chi connectivity index (χ0v) is 22.4. The quantitative estimate of drug-likeness (QED) is 0.213. The van der Waals surface area contributed by atoms with E-state index in [0.29, 0.717) is 32.3 Å². The zero-order chi connectivity index (χ0) is 25.8. The van der Waals surface area contributed by atoms with Crippen molar-refractivity contribution < 1.29 is 28.9 Å². The van der Waals surface area contributed by atoms with Gasteiger partial charge >= 0.3 is 11.9 Å². The van der Waals surface area contributed by atoms with E-state index in [2.05, 4.69) is 34.6 Å². The van der Waals surface area contributed by atoms with Gasteiger partial charge in [0.1, 0.15) is 11.5 Å². The number of benzene rings is 1. The van der Waals surface area contributed by atoms with Crippen LogP contribution in [0.15, 0.2) is 12.1 Å². The van der Waals surface area contributed by atoms with E-state index in [-0.39, 0.29) is 28.5 Å². The van der Waals surface area contributed by atoms with Crippen molar-refractivity contribution >= 4 is 11.9 Å². The van der Waals surface area contributed by atoms with E-state index in [4.69, 9.17) is 14.2 Å². The molecular formula is C28H46O6. The van der Waals surface area contributed by atoms with Crippen molar-refractivity contribution in [3.05, 3.63) is 23.3 Å². The number of aromatic hydroxyl groups is 1. The lowest BCUT2D eigenvalue weighted by molar-refractivity contribution is -0.141. The van der Waals surface area contributed by atoms with Gasteiger partial charge in [-0.05, 0) is 55.1 Å². The lowest BCUT2D eigenvalue weighted by Crippen LogP contribution is -2.22. The first-order chi connectivity index (χ1) is 16.0. The summed E-state index contributed by atoms with van der Waals surface area (Å²) in [5.74, 6) is 0.584. The molecule has 194 valence electrons. The molecule has 1 rings (SSSR count). The van der Waals surface area contributed by atoms with Crippen molar-refractivity contribution in [3.8, 4) is 11.5 Å². The maximum absolute atomic E-state index is 11.6. The van der Waals surface area contributed by atoms with Gasteiger partial charge in [-0.3, -0.25) is 9.59 Å². The van der Waals surface area contributed by atoms with Crippen molar-refractivity contribution in [2.24, 2.45) is 0 Å². The molecular weight excluding hydrogens is 432 g/mol. The van der Waals surface area contributed by atoms with Gasteiger partial charge < -0.3 is 19.3 Å². The summed E-state index contributed by atoms with van der Waals surface area (Å²) in [4.78, 5) is 23.1. The summed E-state index contributed by atoms with van der Waals surface area (Å²) in [6, 6.07) is 3.81. The molecule has 0 spiro atoms. The summed E-state index contributed by atoms with van der Waals surface area (Å²) in [7, 11) is 2.80. The van der Waals surface area contributed by atoms with E-state index in [1.54, 1.807) is 0 Å². The lowest BCUT2D eigenvalue weighted by Gasteiger charge is -2.32. The minimum Gasteiger partial charge on any atom is -0.508 e. The summed E-state index contributed by atoms with van der Waals surface area (Å²) in [6.45, 7) is 11.2. The second-order valence-electron chi connectivity index (χ2n) is 10.4. The molecule has 0 aliphatic heterocycles. The molecule has 0 aliphatic rings. The van der Waals surface area contributed by atoms with E-state index in [1.807, 2.05) is 12.1 Å². The molecule has 0 saturated heterocycles. The van der Waals surface area contributed by atoms with Crippen LogP contribution in [0.1, 0.15) is 110 Å². The molecule has 0 heterocycles. The first-order valence-corrected chi connectivity index (χ1v) is 12.6. The molecule has 0 unspecified atom stereocenters. The van der Waals surface area contributed by atoms with E-state index in [1.165, 1.54) is 27.1 Å². The van der Waals surface area contributed by atoms with Gasteiger partial charge in [0.15, 0.2) is 0 Å². The van der Waals surface area contributed by atoms with Crippen LogP contribution < -0.4 is 4.74 Å². The highest BCUT2D eigenvalue weighted by molar-refractivity contribution is 5.69. The monoisotopic (exact) mass is 478 g/mol. The number of hydrogen-bond donors (Lipinski definition) is 1. The van der Waals surface area contributed by atoms with Gasteiger partial charge in [0.2, 0.25) is 0 Å². The summed E-state index contributed by atoms with van der Waals surface area (Å²) < 4.78 is 15.8. The van der Waals surface area contributed by atoms with Crippen LogP contribution in [-0.4, -0.2) is 37.9 Å². The second-order valence-corrected chi connectivity index (χ2v) is 10.4. The number of phenols is 1. The fourth-order valence-electron chi connectivity index (χ4n) is 4.29. The number of rotatable bonds is 16. The number of unbranched alkanes of at least 4 members (excludes halogenated alkanes) is 3.